The van der Waals surface area contributed by atoms with Crippen LogP contribution in [-0.4, -0.2) is 0 Å². The van der Waals surface area contributed by atoms with E-state index in [4.69, 9.17) is 28.5 Å². The lowest BCUT2D eigenvalue weighted by Crippen LogP contribution is -1.86. The zero-order valence-corrected chi connectivity index (χ0v) is 8.57. The third kappa shape index (κ3) is 3.26. The van der Waals surface area contributed by atoms with Crippen molar-refractivity contribution in [3.63, 3.8) is 0 Å². The van der Waals surface area contributed by atoms with Crippen LogP contribution < -0.4 is 0 Å². The standard InChI is InChI=1S/C10H9Cl2N/c11-9-5-4-8(10(12)7-9)3-1-2-6-13/h4-5,7H,1-3H2. The van der Waals surface area contributed by atoms with Crippen molar-refractivity contribution in [2.75, 3.05) is 0 Å². The zero-order chi connectivity index (χ0) is 9.68. The number of hydrogen-bond donors (Lipinski definition) is 0. The quantitative estimate of drug-likeness (QED) is 0.701. The van der Waals surface area contributed by atoms with Gasteiger partial charge >= 0.3 is 0 Å². The highest BCUT2D eigenvalue weighted by Crippen LogP contribution is 2.22. The first-order chi connectivity index (χ1) is 6.24. The molecule has 0 aromatic heterocycles. The fraction of sp³-hybridized carbons (Fsp3) is 0.300. The van der Waals surface area contributed by atoms with Crippen molar-refractivity contribution in [1.82, 2.24) is 0 Å². The minimum atomic E-state index is 0.568. The first kappa shape index (κ1) is 10.4. The molecule has 0 radical (unpaired) electrons. The van der Waals surface area contributed by atoms with Gasteiger partial charge in [0.1, 0.15) is 0 Å². The highest BCUT2D eigenvalue weighted by atomic mass is 35.5. The van der Waals surface area contributed by atoms with Crippen LogP contribution in [0.5, 0.6) is 0 Å². The molecule has 0 aliphatic rings. The molecule has 1 nitrogen and oxygen atoms in total. The first-order valence-electron chi connectivity index (χ1n) is 4.05. The summed E-state index contributed by atoms with van der Waals surface area (Å²) >= 11 is 11.7. The molecule has 0 atom stereocenters. The second-order valence-electron chi connectivity index (χ2n) is 2.75. The van der Waals surface area contributed by atoms with Crippen molar-refractivity contribution in [2.45, 2.75) is 19.3 Å². The molecule has 0 saturated carbocycles. The Balaban J connectivity index is 2.62. The first-order valence-corrected chi connectivity index (χ1v) is 4.80. The van der Waals surface area contributed by atoms with Gasteiger partial charge in [-0.3, -0.25) is 0 Å². The molecule has 0 fully saturated rings. The average Bonchev–Trinajstić information content (AvgIpc) is 2.09. The van der Waals surface area contributed by atoms with Gasteiger partial charge in [0.05, 0.1) is 6.07 Å². The van der Waals surface area contributed by atoms with E-state index < -0.39 is 0 Å². The van der Waals surface area contributed by atoms with Crippen molar-refractivity contribution in [3.8, 4) is 6.07 Å². The molecule has 0 heterocycles. The Labute approximate surface area is 87.9 Å². The number of benzene rings is 1. The normalized spacial score (nSPS) is 9.62. The molecule has 1 aromatic rings. The van der Waals surface area contributed by atoms with Gasteiger partial charge in [-0.15, -0.1) is 0 Å². The van der Waals surface area contributed by atoms with Crippen LogP contribution in [0.15, 0.2) is 18.2 Å². The van der Waals surface area contributed by atoms with Crippen LogP contribution in [-0.2, 0) is 6.42 Å². The molecule has 0 unspecified atom stereocenters. The molecule has 1 rings (SSSR count). The van der Waals surface area contributed by atoms with Crippen molar-refractivity contribution in [3.05, 3.63) is 33.8 Å². The number of halogens is 2. The van der Waals surface area contributed by atoms with E-state index in [9.17, 15) is 0 Å². The molecule has 3 heteroatoms. The molecular formula is C10H9Cl2N. The van der Waals surface area contributed by atoms with Gasteiger partial charge in [0.25, 0.3) is 0 Å². The maximum Gasteiger partial charge on any atom is 0.0621 e. The van der Waals surface area contributed by atoms with E-state index in [2.05, 4.69) is 6.07 Å². The van der Waals surface area contributed by atoms with Gasteiger partial charge in [0.15, 0.2) is 0 Å². The Morgan fingerprint density at radius 2 is 2.08 bits per heavy atom. The number of aryl methyl sites for hydroxylation is 1. The lowest BCUT2D eigenvalue weighted by atomic mass is 10.1. The maximum atomic E-state index is 8.35. The van der Waals surface area contributed by atoms with Gasteiger partial charge in [-0.2, -0.15) is 5.26 Å². The summed E-state index contributed by atoms with van der Waals surface area (Å²) in [5.74, 6) is 0. The number of nitriles is 1. The third-order valence-electron chi connectivity index (χ3n) is 1.75. The Morgan fingerprint density at radius 1 is 1.31 bits per heavy atom. The van der Waals surface area contributed by atoms with E-state index >= 15 is 0 Å². The molecule has 0 N–H and O–H groups in total. The van der Waals surface area contributed by atoms with Crippen molar-refractivity contribution >= 4 is 23.2 Å². The maximum absolute atomic E-state index is 8.35. The molecule has 68 valence electrons. The summed E-state index contributed by atoms with van der Waals surface area (Å²) in [7, 11) is 0. The van der Waals surface area contributed by atoms with Gasteiger partial charge in [0, 0.05) is 16.5 Å². The molecule has 1 aromatic carbocycles. The highest BCUT2D eigenvalue weighted by Gasteiger charge is 2.00. The number of rotatable bonds is 3. The Hall–Kier alpha value is -0.710. The molecule has 0 bridgehead atoms. The van der Waals surface area contributed by atoms with Gasteiger partial charge in [-0.25, -0.2) is 0 Å². The van der Waals surface area contributed by atoms with Crippen LogP contribution in [0.25, 0.3) is 0 Å². The van der Waals surface area contributed by atoms with Crippen molar-refractivity contribution < 1.29 is 0 Å². The van der Waals surface area contributed by atoms with Crippen LogP contribution in [0.3, 0.4) is 0 Å². The van der Waals surface area contributed by atoms with Gasteiger partial charge in [-0.1, -0.05) is 29.3 Å². The minimum Gasteiger partial charge on any atom is -0.198 e. The summed E-state index contributed by atoms with van der Waals surface area (Å²) in [5.41, 5.74) is 1.06. The summed E-state index contributed by atoms with van der Waals surface area (Å²) in [6.45, 7) is 0. The Kier molecular flexibility index (Phi) is 4.08. The predicted molar refractivity (Wildman–Crippen MR) is 55.0 cm³/mol. The second kappa shape index (κ2) is 5.11. The summed E-state index contributed by atoms with van der Waals surface area (Å²) < 4.78 is 0. The molecule has 0 aliphatic carbocycles. The molecule has 13 heavy (non-hydrogen) atoms. The number of nitrogens with zero attached hydrogens (tertiary/aromatic N) is 1. The number of unbranched alkanes of at least 4 members (excludes halogenated alkanes) is 1. The fourth-order valence-electron chi connectivity index (χ4n) is 1.08. The van der Waals surface area contributed by atoms with Crippen LogP contribution in [0.2, 0.25) is 10.0 Å². The average molecular weight is 214 g/mol. The lowest BCUT2D eigenvalue weighted by molar-refractivity contribution is 0.851. The molecule has 0 spiro atoms. The summed E-state index contributed by atoms with van der Waals surface area (Å²) in [5, 5.41) is 9.69. The van der Waals surface area contributed by atoms with Crippen LogP contribution in [0.4, 0.5) is 0 Å². The summed E-state index contributed by atoms with van der Waals surface area (Å²) in [6, 6.07) is 7.55. The highest BCUT2D eigenvalue weighted by molar-refractivity contribution is 6.35. The summed E-state index contributed by atoms with van der Waals surface area (Å²) in [6.07, 6.45) is 2.25. The third-order valence-corrected chi connectivity index (χ3v) is 2.34. The van der Waals surface area contributed by atoms with E-state index in [0.717, 1.165) is 18.4 Å². The van der Waals surface area contributed by atoms with E-state index in [-0.39, 0.29) is 0 Å². The predicted octanol–water partition coefficient (Wildman–Crippen LogP) is 3.84. The zero-order valence-electron chi connectivity index (χ0n) is 7.06. The molecular weight excluding hydrogens is 205 g/mol. The van der Waals surface area contributed by atoms with E-state index in [1.807, 2.05) is 12.1 Å². The lowest BCUT2D eigenvalue weighted by Gasteiger charge is -2.02. The van der Waals surface area contributed by atoms with Crippen LogP contribution in [0, 0.1) is 11.3 Å². The van der Waals surface area contributed by atoms with E-state index in [1.165, 1.54) is 0 Å². The van der Waals surface area contributed by atoms with Crippen LogP contribution >= 0.6 is 23.2 Å². The van der Waals surface area contributed by atoms with E-state index in [1.54, 1.807) is 6.07 Å². The Morgan fingerprint density at radius 3 is 2.69 bits per heavy atom. The Bertz CT molecular complexity index is 328. The van der Waals surface area contributed by atoms with Crippen molar-refractivity contribution in [1.29, 1.82) is 5.26 Å². The van der Waals surface area contributed by atoms with Crippen LogP contribution in [0.1, 0.15) is 18.4 Å². The summed E-state index contributed by atoms with van der Waals surface area (Å²) in [4.78, 5) is 0. The smallest absolute Gasteiger partial charge is 0.0621 e. The van der Waals surface area contributed by atoms with Gasteiger partial charge in [0.2, 0.25) is 0 Å². The second-order valence-corrected chi connectivity index (χ2v) is 3.59. The molecule has 0 saturated heterocycles. The largest absolute Gasteiger partial charge is 0.198 e. The molecule has 0 amide bonds. The molecule has 0 aliphatic heterocycles. The fourth-order valence-corrected chi connectivity index (χ4v) is 1.59. The van der Waals surface area contributed by atoms with Gasteiger partial charge in [-0.05, 0) is 30.5 Å². The van der Waals surface area contributed by atoms with E-state index in [0.29, 0.717) is 16.5 Å². The minimum absolute atomic E-state index is 0.568. The SMILES string of the molecule is N#CCCCc1ccc(Cl)cc1Cl. The van der Waals surface area contributed by atoms with Gasteiger partial charge < -0.3 is 0 Å². The number of hydrogen-bond acceptors (Lipinski definition) is 1. The monoisotopic (exact) mass is 213 g/mol. The topological polar surface area (TPSA) is 23.8 Å². The van der Waals surface area contributed by atoms with Crippen molar-refractivity contribution in [2.24, 2.45) is 0 Å².